The Balaban J connectivity index is 1.34. The third-order valence-electron chi connectivity index (χ3n) is 5.67. The van der Waals surface area contributed by atoms with E-state index in [1.54, 1.807) is 30.3 Å². The lowest BCUT2D eigenvalue weighted by atomic mass is 10.1. The van der Waals surface area contributed by atoms with Gasteiger partial charge in [-0.25, -0.2) is 4.98 Å². The van der Waals surface area contributed by atoms with Crippen LogP contribution in [0.5, 0.6) is 0 Å². The number of ether oxygens (including phenoxy) is 1. The molecule has 9 nitrogen and oxygen atoms in total. The van der Waals surface area contributed by atoms with Crippen LogP contribution in [-0.4, -0.2) is 42.1 Å². The van der Waals surface area contributed by atoms with Gasteiger partial charge in [0.2, 0.25) is 0 Å². The van der Waals surface area contributed by atoms with Gasteiger partial charge in [-0.1, -0.05) is 30.3 Å². The number of carbonyl (C=O) groups is 1. The van der Waals surface area contributed by atoms with Gasteiger partial charge in [0, 0.05) is 36.8 Å². The average Bonchev–Trinajstić information content (AvgIpc) is 3.26. The minimum Gasteiger partial charge on any atom is -0.440 e. The Morgan fingerprint density at radius 3 is 2.62 bits per heavy atom. The summed E-state index contributed by atoms with van der Waals surface area (Å²) >= 11 is 0. The number of fused-ring (bicyclic) bond motifs is 1. The highest BCUT2D eigenvalue weighted by molar-refractivity contribution is 6.05. The fourth-order valence-electron chi connectivity index (χ4n) is 3.98. The van der Waals surface area contributed by atoms with Crippen LogP contribution >= 0.6 is 0 Å². The summed E-state index contributed by atoms with van der Waals surface area (Å²) in [5.74, 6) is 0.142. The smallest absolute Gasteiger partial charge is 0.293 e. The topological polar surface area (TPSA) is 111 Å². The van der Waals surface area contributed by atoms with E-state index < -0.39 is 10.8 Å². The van der Waals surface area contributed by atoms with E-state index in [2.05, 4.69) is 10.3 Å². The van der Waals surface area contributed by atoms with Crippen molar-refractivity contribution in [3.05, 3.63) is 93.9 Å². The second-order valence-electron chi connectivity index (χ2n) is 7.97. The second kappa shape index (κ2) is 9.32. The van der Waals surface area contributed by atoms with Crippen molar-refractivity contribution in [2.45, 2.75) is 6.42 Å². The molecule has 5 rings (SSSR count). The summed E-state index contributed by atoms with van der Waals surface area (Å²) in [6.07, 6.45) is 0.566. The number of nitrogens with one attached hydrogen (secondary N) is 1. The summed E-state index contributed by atoms with van der Waals surface area (Å²) in [6, 6.07) is 19.6. The number of amides is 1. The summed E-state index contributed by atoms with van der Waals surface area (Å²) in [6.45, 7) is 2.15. The molecule has 1 aliphatic rings. The summed E-state index contributed by atoms with van der Waals surface area (Å²) < 4.78 is 11.1. The summed E-state index contributed by atoms with van der Waals surface area (Å²) in [7, 11) is 0. The molecule has 0 aliphatic carbocycles. The van der Waals surface area contributed by atoms with Crippen LogP contribution < -0.4 is 10.2 Å². The van der Waals surface area contributed by atoms with E-state index in [-0.39, 0.29) is 11.3 Å². The first kappa shape index (κ1) is 21.6. The zero-order valence-electron chi connectivity index (χ0n) is 18.3. The molecule has 3 aromatic carbocycles. The van der Waals surface area contributed by atoms with E-state index in [4.69, 9.17) is 9.15 Å². The zero-order chi connectivity index (χ0) is 23.5. The monoisotopic (exact) mass is 458 g/mol. The molecule has 0 radical (unpaired) electrons. The Morgan fingerprint density at radius 1 is 1.06 bits per heavy atom. The highest BCUT2D eigenvalue weighted by Gasteiger charge is 2.23. The van der Waals surface area contributed by atoms with Gasteiger partial charge in [-0.15, -0.1) is 0 Å². The first-order valence-corrected chi connectivity index (χ1v) is 10.9. The highest BCUT2D eigenvalue weighted by Crippen LogP contribution is 2.30. The van der Waals surface area contributed by atoms with Gasteiger partial charge >= 0.3 is 0 Å². The van der Waals surface area contributed by atoms with Crippen molar-refractivity contribution in [1.82, 2.24) is 4.98 Å². The van der Waals surface area contributed by atoms with Crippen molar-refractivity contribution in [3.63, 3.8) is 0 Å². The lowest BCUT2D eigenvalue weighted by Gasteiger charge is -2.28. The number of morpholine rings is 1. The minimum atomic E-state index is -0.461. The van der Waals surface area contributed by atoms with Gasteiger partial charge in [0.05, 0.1) is 18.1 Å². The molecule has 1 N–H and O–H groups in total. The zero-order valence-corrected chi connectivity index (χ0v) is 18.3. The van der Waals surface area contributed by atoms with E-state index in [1.165, 1.54) is 6.07 Å². The van der Waals surface area contributed by atoms with Crippen molar-refractivity contribution in [1.29, 1.82) is 0 Å². The summed E-state index contributed by atoms with van der Waals surface area (Å²) in [5.41, 5.74) is 3.44. The molecule has 0 unspecified atom stereocenters. The van der Waals surface area contributed by atoms with Crippen molar-refractivity contribution in [3.8, 4) is 0 Å². The van der Waals surface area contributed by atoms with Crippen LogP contribution in [0.4, 0.5) is 17.1 Å². The molecule has 0 saturated carbocycles. The number of nitro groups is 1. The van der Waals surface area contributed by atoms with Crippen LogP contribution in [0.25, 0.3) is 11.1 Å². The van der Waals surface area contributed by atoms with Gasteiger partial charge in [-0.2, -0.15) is 0 Å². The molecule has 1 fully saturated rings. The molecule has 34 heavy (non-hydrogen) atoms. The SMILES string of the molecule is O=C(Nc1ccc2oc(Cc3ccccc3)nc2c1)c1ccc(N2CCOCC2)c([N+](=O)[O-])c1. The molecule has 0 bridgehead atoms. The fourth-order valence-corrected chi connectivity index (χ4v) is 3.98. The van der Waals surface area contributed by atoms with Crippen LogP contribution in [0.1, 0.15) is 21.8 Å². The van der Waals surface area contributed by atoms with Gasteiger partial charge in [0.1, 0.15) is 11.2 Å². The van der Waals surface area contributed by atoms with Crippen LogP contribution in [-0.2, 0) is 11.2 Å². The molecule has 172 valence electrons. The van der Waals surface area contributed by atoms with E-state index in [0.717, 1.165) is 5.56 Å². The number of rotatable bonds is 6. The molecule has 0 atom stereocenters. The van der Waals surface area contributed by atoms with Crippen molar-refractivity contribution >= 4 is 34.1 Å². The predicted molar refractivity (Wildman–Crippen MR) is 127 cm³/mol. The highest BCUT2D eigenvalue weighted by atomic mass is 16.6. The molecular formula is C25H22N4O5. The normalized spacial score (nSPS) is 13.7. The lowest BCUT2D eigenvalue weighted by Crippen LogP contribution is -2.36. The number of benzene rings is 3. The van der Waals surface area contributed by atoms with E-state index in [1.807, 2.05) is 35.2 Å². The van der Waals surface area contributed by atoms with E-state index >= 15 is 0 Å². The quantitative estimate of drug-likeness (QED) is 0.336. The minimum absolute atomic E-state index is 0.105. The van der Waals surface area contributed by atoms with E-state index in [9.17, 15) is 14.9 Å². The van der Waals surface area contributed by atoms with E-state index in [0.29, 0.717) is 61.1 Å². The Kier molecular flexibility index (Phi) is 5.92. The van der Waals surface area contributed by atoms with Crippen molar-refractivity contribution < 1.29 is 18.9 Å². The summed E-state index contributed by atoms with van der Waals surface area (Å²) in [5, 5.41) is 14.5. The van der Waals surface area contributed by atoms with Gasteiger partial charge in [0.15, 0.2) is 11.5 Å². The number of carbonyl (C=O) groups excluding carboxylic acids is 1. The number of oxazole rings is 1. The Bertz CT molecular complexity index is 1350. The van der Waals surface area contributed by atoms with Crippen molar-refractivity contribution in [2.75, 3.05) is 36.5 Å². The Hall–Kier alpha value is -4.24. The lowest BCUT2D eigenvalue weighted by molar-refractivity contribution is -0.384. The molecule has 0 spiro atoms. The fraction of sp³-hybridized carbons (Fsp3) is 0.200. The Labute approximate surface area is 195 Å². The predicted octanol–water partition coefficient (Wildman–Crippen LogP) is 4.42. The standard InChI is InChI=1S/C25H22N4O5/c30-25(18-6-8-21(22(15-18)29(31)32)28-10-12-33-13-11-28)26-19-7-9-23-20(16-19)27-24(34-23)14-17-4-2-1-3-5-17/h1-9,15-16H,10-14H2,(H,26,30). The molecular weight excluding hydrogens is 436 g/mol. The van der Waals surface area contributed by atoms with Crippen LogP contribution in [0, 0.1) is 10.1 Å². The Morgan fingerprint density at radius 2 is 1.85 bits per heavy atom. The number of aromatic nitrogens is 1. The number of nitrogens with zero attached hydrogens (tertiary/aromatic N) is 3. The maximum atomic E-state index is 12.8. The molecule has 2 heterocycles. The number of nitro benzene ring substituents is 1. The molecule has 1 saturated heterocycles. The average molecular weight is 458 g/mol. The molecule has 1 amide bonds. The van der Waals surface area contributed by atoms with Gasteiger partial charge < -0.3 is 19.4 Å². The summed E-state index contributed by atoms with van der Waals surface area (Å²) in [4.78, 5) is 30.5. The van der Waals surface area contributed by atoms with Gasteiger partial charge in [-0.05, 0) is 35.9 Å². The largest absolute Gasteiger partial charge is 0.440 e. The van der Waals surface area contributed by atoms with Crippen LogP contribution in [0.15, 0.2) is 71.1 Å². The molecule has 9 heteroatoms. The molecule has 1 aliphatic heterocycles. The number of anilines is 2. The third kappa shape index (κ3) is 4.60. The maximum Gasteiger partial charge on any atom is 0.293 e. The second-order valence-corrected chi connectivity index (χ2v) is 7.97. The molecule has 4 aromatic rings. The van der Waals surface area contributed by atoms with Crippen LogP contribution in [0.2, 0.25) is 0 Å². The molecule has 1 aromatic heterocycles. The third-order valence-corrected chi connectivity index (χ3v) is 5.67. The number of hydrogen-bond donors (Lipinski definition) is 1. The first-order chi connectivity index (χ1) is 16.6. The maximum absolute atomic E-state index is 12.8. The first-order valence-electron chi connectivity index (χ1n) is 10.9. The van der Waals surface area contributed by atoms with Crippen molar-refractivity contribution in [2.24, 2.45) is 0 Å². The number of hydrogen-bond acceptors (Lipinski definition) is 7. The van der Waals surface area contributed by atoms with Gasteiger partial charge in [0.25, 0.3) is 11.6 Å². The van der Waals surface area contributed by atoms with Gasteiger partial charge in [-0.3, -0.25) is 14.9 Å². The van der Waals surface area contributed by atoms with Crippen LogP contribution in [0.3, 0.4) is 0 Å².